The molecule has 0 saturated heterocycles. The van der Waals surface area contributed by atoms with Crippen LogP contribution in [0.25, 0.3) is 0 Å². The van der Waals surface area contributed by atoms with Crippen molar-refractivity contribution in [3.05, 3.63) is 192 Å². The van der Waals surface area contributed by atoms with Crippen LogP contribution < -0.4 is 0 Å². The van der Waals surface area contributed by atoms with Gasteiger partial charge in [0.25, 0.3) is 0 Å². The second kappa shape index (κ2) is 20.4. The maximum atomic E-state index is 11.7. The fourth-order valence-electron chi connectivity index (χ4n) is 6.91. The lowest BCUT2D eigenvalue weighted by molar-refractivity contribution is 0.0963. The number of benzene rings is 3. The van der Waals surface area contributed by atoms with E-state index in [0.29, 0.717) is 41.2 Å². The van der Waals surface area contributed by atoms with E-state index in [0.717, 1.165) is 99.2 Å². The monoisotopic (exact) mass is 878 g/mol. The van der Waals surface area contributed by atoms with E-state index in [1.165, 1.54) is 0 Å². The average molecular weight is 880 g/mol. The SMILES string of the molecule is N#Cc1cccc(C#Cc2ccc3c(n2)CCCC3=O)c1.O=C1CCCc2nc(C#Cc3cccc(Br)c3)ccc21.O=C1CCCc2nc(C#Cc3cccc(Cl)c3)ccc21. The van der Waals surface area contributed by atoms with Gasteiger partial charge >= 0.3 is 0 Å². The summed E-state index contributed by atoms with van der Waals surface area (Å²) >= 11 is 9.34. The zero-order valence-electron chi connectivity index (χ0n) is 33.0. The van der Waals surface area contributed by atoms with Crippen LogP contribution in [0, 0.1) is 46.9 Å². The van der Waals surface area contributed by atoms with E-state index in [2.05, 4.69) is 72.5 Å². The molecule has 0 bridgehead atoms. The molecule has 0 saturated carbocycles. The molecule has 3 aromatic heterocycles. The van der Waals surface area contributed by atoms with Gasteiger partial charge in [-0.05, 0) is 147 Å². The topological polar surface area (TPSA) is 114 Å². The Labute approximate surface area is 368 Å². The molecule has 0 fully saturated rings. The number of nitriles is 1. The third-order valence-electron chi connectivity index (χ3n) is 9.92. The van der Waals surface area contributed by atoms with Gasteiger partial charge in [0.1, 0.15) is 17.1 Å². The number of aromatic nitrogens is 3. The minimum Gasteiger partial charge on any atom is -0.294 e. The van der Waals surface area contributed by atoms with Crippen LogP contribution in [0.5, 0.6) is 0 Å². The van der Waals surface area contributed by atoms with Crippen LogP contribution in [-0.2, 0) is 19.3 Å². The third-order valence-corrected chi connectivity index (χ3v) is 10.6. The van der Waals surface area contributed by atoms with Crippen LogP contribution >= 0.6 is 27.5 Å². The highest BCUT2D eigenvalue weighted by atomic mass is 79.9. The van der Waals surface area contributed by atoms with Crippen LogP contribution in [0.2, 0.25) is 5.02 Å². The molecule has 6 aromatic rings. The summed E-state index contributed by atoms with van der Waals surface area (Å²) in [4.78, 5) is 48.6. The molecule has 0 aliphatic heterocycles. The third kappa shape index (κ3) is 11.6. The number of carbonyl (C=O) groups excluding carboxylic acids is 3. The molecule has 296 valence electrons. The standard InChI is InChI=1S/C18H12N2O.C17H12BrNO.C17H12ClNO/c19-12-14-4-1-3-13(11-14)7-8-15-9-10-16-17(20-15)5-2-6-18(16)21;2*18-13-4-1-3-12(11-13)7-8-14-9-10-15-16(19-14)5-2-6-17(15)20/h1,3-4,9-11H,2,5-6H2;2*1,3-4,9-11H,2,5-6H2. The molecule has 3 aromatic carbocycles. The Morgan fingerprint density at radius 1 is 0.459 bits per heavy atom. The fourth-order valence-corrected chi connectivity index (χ4v) is 7.50. The predicted octanol–water partition coefficient (Wildman–Crippen LogP) is 10.3. The largest absolute Gasteiger partial charge is 0.294 e. The van der Waals surface area contributed by atoms with Gasteiger partial charge < -0.3 is 0 Å². The quantitative estimate of drug-likeness (QED) is 0.140. The number of pyridine rings is 3. The van der Waals surface area contributed by atoms with Crippen LogP contribution in [0.3, 0.4) is 0 Å². The molecule has 9 heteroatoms. The van der Waals surface area contributed by atoms with Crippen molar-refractivity contribution in [2.24, 2.45) is 0 Å². The van der Waals surface area contributed by atoms with Crippen LogP contribution in [0.1, 0.15) is 126 Å². The highest BCUT2D eigenvalue weighted by Gasteiger charge is 2.20. The van der Waals surface area contributed by atoms with Gasteiger partial charge in [0.15, 0.2) is 17.3 Å². The molecule has 0 amide bonds. The number of carbonyl (C=O) groups is 3. The first-order chi connectivity index (χ1) is 29.7. The first-order valence-electron chi connectivity index (χ1n) is 19.9. The first-order valence-corrected chi connectivity index (χ1v) is 21.0. The maximum Gasteiger partial charge on any atom is 0.164 e. The van der Waals surface area contributed by atoms with Gasteiger partial charge in [-0.3, -0.25) is 14.4 Å². The Bertz CT molecular complexity index is 2810. The van der Waals surface area contributed by atoms with Gasteiger partial charge in [0.2, 0.25) is 0 Å². The maximum absolute atomic E-state index is 11.7. The minimum absolute atomic E-state index is 0.171. The normalized spacial score (nSPS) is 13.2. The van der Waals surface area contributed by atoms with Crippen LogP contribution in [0.15, 0.2) is 114 Å². The first kappa shape index (κ1) is 42.2. The van der Waals surface area contributed by atoms with Crippen molar-refractivity contribution < 1.29 is 14.4 Å². The number of fused-ring (bicyclic) bond motifs is 3. The number of hydrogen-bond donors (Lipinski definition) is 0. The summed E-state index contributed by atoms with van der Waals surface area (Å²) in [6.07, 6.45) is 7.06. The second-order valence-electron chi connectivity index (χ2n) is 14.4. The van der Waals surface area contributed by atoms with E-state index in [4.69, 9.17) is 16.9 Å². The number of nitrogens with zero attached hydrogens (tertiary/aromatic N) is 4. The highest BCUT2D eigenvalue weighted by molar-refractivity contribution is 9.10. The van der Waals surface area contributed by atoms with Crippen molar-refractivity contribution >= 4 is 44.9 Å². The lowest BCUT2D eigenvalue weighted by Crippen LogP contribution is -2.12. The zero-order chi connectivity index (χ0) is 42.6. The molecule has 61 heavy (non-hydrogen) atoms. The lowest BCUT2D eigenvalue weighted by atomic mass is 9.94. The van der Waals surface area contributed by atoms with Crippen molar-refractivity contribution in [3.8, 4) is 41.6 Å². The Hall–Kier alpha value is -6.94. The second-order valence-corrected chi connectivity index (χ2v) is 15.7. The Morgan fingerprint density at radius 3 is 1.28 bits per heavy atom. The molecule has 0 N–H and O–H groups in total. The molecular weight excluding hydrogens is 844 g/mol. The van der Waals surface area contributed by atoms with Gasteiger partial charge in [-0.1, -0.05) is 63.5 Å². The fraction of sp³-hybridized carbons (Fsp3) is 0.173. The molecule has 0 atom stereocenters. The zero-order valence-corrected chi connectivity index (χ0v) is 35.4. The van der Waals surface area contributed by atoms with E-state index in [9.17, 15) is 14.4 Å². The average Bonchev–Trinajstić information content (AvgIpc) is 3.28. The van der Waals surface area contributed by atoms with Crippen molar-refractivity contribution in [1.82, 2.24) is 15.0 Å². The molecule has 0 spiro atoms. The Morgan fingerprint density at radius 2 is 0.852 bits per heavy atom. The van der Waals surface area contributed by atoms with E-state index in [1.54, 1.807) is 24.3 Å². The molecule has 3 heterocycles. The van der Waals surface area contributed by atoms with Gasteiger partial charge in [-0.25, -0.2) is 15.0 Å². The summed E-state index contributed by atoms with van der Waals surface area (Å²) in [5, 5.41) is 9.53. The van der Waals surface area contributed by atoms with Crippen LogP contribution in [-0.4, -0.2) is 32.3 Å². The van der Waals surface area contributed by atoms with E-state index in [-0.39, 0.29) is 17.3 Å². The van der Waals surface area contributed by atoms with E-state index >= 15 is 0 Å². The van der Waals surface area contributed by atoms with Crippen molar-refractivity contribution in [2.45, 2.75) is 57.8 Å². The molecular formula is C52H36BrClN4O3. The lowest BCUT2D eigenvalue weighted by Gasteiger charge is -2.12. The molecule has 3 aliphatic carbocycles. The van der Waals surface area contributed by atoms with Gasteiger partial charge in [0, 0.05) is 62.1 Å². The summed E-state index contributed by atoms with van der Waals surface area (Å²) < 4.78 is 1.01. The van der Waals surface area contributed by atoms with E-state index in [1.807, 2.05) is 84.9 Å². The highest BCUT2D eigenvalue weighted by Crippen LogP contribution is 2.22. The van der Waals surface area contributed by atoms with Crippen molar-refractivity contribution in [3.63, 3.8) is 0 Å². The summed E-state index contributed by atoms with van der Waals surface area (Å²) in [7, 11) is 0. The summed E-state index contributed by atoms with van der Waals surface area (Å²) in [5.74, 6) is 18.8. The summed E-state index contributed by atoms with van der Waals surface area (Å²) in [6.45, 7) is 0. The Kier molecular flexibility index (Phi) is 14.1. The minimum atomic E-state index is 0.171. The van der Waals surface area contributed by atoms with Crippen molar-refractivity contribution in [1.29, 1.82) is 5.26 Å². The van der Waals surface area contributed by atoms with Crippen LogP contribution in [0.4, 0.5) is 0 Å². The molecule has 3 aliphatic rings. The smallest absolute Gasteiger partial charge is 0.164 e. The molecule has 9 rings (SSSR count). The molecule has 7 nitrogen and oxygen atoms in total. The number of hydrogen-bond acceptors (Lipinski definition) is 7. The number of ketones is 3. The molecule has 0 unspecified atom stereocenters. The number of aryl methyl sites for hydroxylation is 3. The van der Waals surface area contributed by atoms with Crippen molar-refractivity contribution in [2.75, 3.05) is 0 Å². The number of Topliss-reactive ketones (excluding diaryl/α,β-unsaturated/α-hetero) is 3. The summed E-state index contributed by atoms with van der Waals surface area (Å²) in [6, 6.07) is 35.4. The molecule has 0 radical (unpaired) electrons. The number of rotatable bonds is 0. The summed E-state index contributed by atoms with van der Waals surface area (Å²) in [5.41, 5.74) is 10.1. The predicted molar refractivity (Wildman–Crippen MR) is 239 cm³/mol. The number of halogens is 2. The van der Waals surface area contributed by atoms with E-state index < -0.39 is 0 Å². The van der Waals surface area contributed by atoms with Gasteiger partial charge in [0.05, 0.1) is 28.7 Å². The Balaban J connectivity index is 0.000000138. The van der Waals surface area contributed by atoms with Gasteiger partial charge in [-0.15, -0.1) is 0 Å². The van der Waals surface area contributed by atoms with Gasteiger partial charge in [-0.2, -0.15) is 5.26 Å².